The molecule has 2 aromatic carbocycles. The summed E-state index contributed by atoms with van der Waals surface area (Å²) >= 11 is 0. The van der Waals surface area contributed by atoms with Crippen LogP contribution in [0.2, 0.25) is 0 Å². The van der Waals surface area contributed by atoms with Crippen LogP contribution >= 0.6 is 0 Å². The van der Waals surface area contributed by atoms with Crippen molar-refractivity contribution in [3.8, 4) is 17.1 Å². The molecule has 1 aliphatic heterocycles. The largest absolute Gasteiger partial charge is 0.493 e. The molecule has 3 aromatic rings. The second-order valence-corrected chi connectivity index (χ2v) is 7.63. The Hall–Kier alpha value is -3.23. The number of hydrogen-bond acceptors (Lipinski definition) is 6. The van der Waals surface area contributed by atoms with Gasteiger partial charge < -0.3 is 20.1 Å². The molecule has 0 unspecified atom stereocenters. The zero-order valence-corrected chi connectivity index (χ0v) is 17.4. The fourth-order valence-corrected chi connectivity index (χ4v) is 3.77. The molecule has 1 aromatic heterocycles. The first-order chi connectivity index (χ1) is 15.0. The molecular formula is C23H26N4O4. The molecule has 31 heavy (non-hydrogen) atoms. The summed E-state index contributed by atoms with van der Waals surface area (Å²) < 4.78 is 5.73. The maximum absolute atomic E-state index is 12.5. The van der Waals surface area contributed by atoms with Crippen LogP contribution < -0.4 is 15.6 Å². The maximum atomic E-state index is 12.5. The van der Waals surface area contributed by atoms with E-state index < -0.39 is 0 Å². The number of para-hydroxylation sites is 1. The lowest BCUT2D eigenvalue weighted by Gasteiger charge is -2.28. The van der Waals surface area contributed by atoms with E-state index in [0.29, 0.717) is 66.3 Å². The zero-order chi connectivity index (χ0) is 21.8. The molecule has 0 spiro atoms. The van der Waals surface area contributed by atoms with Crippen LogP contribution in [0.1, 0.15) is 19.8 Å². The molecule has 4 rings (SSSR count). The van der Waals surface area contributed by atoms with Crippen LogP contribution in [0.4, 0.5) is 5.69 Å². The number of anilines is 1. The SMILES string of the molecule is CCOc1ccc(NC(=O)CN2CCC(O)CC2)cc1-c1nc2ccccc2c(=O)[nH]1. The van der Waals surface area contributed by atoms with Gasteiger partial charge in [-0.2, -0.15) is 0 Å². The van der Waals surface area contributed by atoms with E-state index in [1.54, 1.807) is 36.4 Å². The molecule has 1 saturated heterocycles. The van der Waals surface area contributed by atoms with E-state index in [1.807, 2.05) is 17.9 Å². The first-order valence-electron chi connectivity index (χ1n) is 10.5. The highest BCUT2D eigenvalue weighted by molar-refractivity contribution is 5.93. The van der Waals surface area contributed by atoms with E-state index in [-0.39, 0.29) is 24.1 Å². The van der Waals surface area contributed by atoms with Crippen molar-refractivity contribution in [2.45, 2.75) is 25.9 Å². The molecule has 0 aliphatic carbocycles. The number of likely N-dealkylation sites (tertiary alicyclic amines) is 1. The molecule has 1 fully saturated rings. The summed E-state index contributed by atoms with van der Waals surface area (Å²) in [5.74, 6) is 0.823. The molecule has 1 aliphatic rings. The quantitative estimate of drug-likeness (QED) is 0.563. The monoisotopic (exact) mass is 422 g/mol. The molecule has 3 N–H and O–H groups in total. The molecule has 0 radical (unpaired) electrons. The number of aromatic amines is 1. The number of aliphatic hydroxyl groups is 1. The number of ether oxygens (including phenoxy) is 1. The Labute approximate surface area is 179 Å². The van der Waals surface area contributed by atoms with E-state index in [1.165, 1.54) is 0 Å². The van der Waals surface area contributed by atoms with Gasteiger partial charge in [0.15, 0.2) is 0 Å². The minimum atomic E-state index is -0.274. The zero-order valence-electron chi connectivity index (χ0n) is 17.4. The normalized spacial score (nSPS) is 15.2. The molecular weight excluding hydrogens is 396 g/mol. The van der Waals surface area contributed by atoms with Gasteiger partial charge in [0.2, 0.25) is 5.91 Å². The second kappa shape index (κ2) is 9.28. The topological polar surface area (TPSA) is 108 Å². The van der Waals surface area contributed by atoms with E-state index in [4.69, 9.17) is 4.74 Å². The number of aromatic nitrogens is 2. The van der Waals surface area contributed by atoms with Gasteiger partial charge in [0.1, 0.15) is 11.6 Å². The van der Waals surface area contributed by atoms with Gasteiger partial charge in [0.05, 0.1) is 35.7 Å². The number of nitrogens with one attached hydrogen (secondary N) is 2. The summed E-state index contributed by atoms with van der Waals surface area (Å²) in [5.41, 5.74) is 1.55. The first-order valence-corrected chi connectivity index (χ1v) is 10.5. The number of carbonyl (C=O) groups excluding carboxylic acids is 1. The molecule has 162 valence electrons. The van der Waals surface area contributed by atoms with Gasteiger partial charge in [0, 0.05) is 18.8 Å². The molecule has 1 amide bonds. The van der Waals surface area contributed by atoms with Crippen molar-refractivity contribution in [2.24, 2.45) is 0 Å². The highest BCUT2D eigenvalue weighted by Gasteiger charge is 2.19. The molecule has 2 heterocycles. The number of aliphatic hydroxyl groups excluding tert-OH is 1. The van der Waals surface area contributed by atoms with Crippen molar-refractivity contribution in [1.82, 2.24) is 14.9 Å². The average Bonchev–Trinajstić information content (AvgIpc) is 2.76. The Morgan fingerprint density at radius 1 is 1.26 bits per heavy atom. The first kappa shape index (κ1) is 21.0. The van der Waals surface area contributed by atoms with Gasteiger partial charge in [-0.05, 0) is 50.1 Å². The van der Waals surface area contributed by atoms with Gasteiger partial charge in [-0.1, -0.05) is 12.1 Å². The van der Waals surface area contributed by atoms with Crippen molar-refractivity contribution in [1.29, 1.82) is 0 Å². The molecule has 0 atom stereocenters. The van der Waals surface area contributed by atoms with Crippen molar-refractivity contribution in [3.63, 3.8) is 0 Å². The van der Waals surface area contributed by atoms with Crippen LogP contribution in [-0.4, -0.2) is 58.2 Å². The third-order valence-electron chi connectivity index (χ3n) is 5.36. The average molecular weight is 422 g/mol. The number of carbonyl (C=O) groups is 1. The number of fused-ring (bicyclic) bond motifs is 1. The number of H-pyrrole nitrogens is 1. The van der Waals surface area contributed by atoms with Crippen LogP contribution in [0.3, 0.4) is 0 Å². The van der Waals surface area contributed by atoms with Crippen LogP contribution in [-0.2, 0) is 4.79 Å². The van der Waals surface area contributed by atoms with Crippen molar-refractivity contribution >= 4 is 22.5 Å². The lowest BCUT2D eigenvalue weighted by atomic mass is 10.1. The number of rotatable bonds is 6. The lowest BCUT2D eigenvalue weighted by Crippen LogP contribution is -2.40. The fourth-order valence-electron chi connectivity index (χ4n) is 3.77. The van der Waals surface area contributed by atoms with E-state index in [9.17, 15) is 14.7 Å². The van der Waals surface area contributed by atoms with Gasteiger partial charge in [0.25, 0.3) is 5.56 Å². The minimum absolute atomic E-state index is 0.133. The Balaban J connectivity index is 1.60. The van der Waals surface area contributed by atoms with Crippen molar-refractivity contribution in [3.05, 3.63) is 52.8 Å². The molecule has 0 bridgehead atoms. The third kappa shape index (κ3) is 4.92. The Bertz CT molecular complexity index is 1140. The Morgan fingerprint density at radius 3 is 2.81 bits per heavy atom. The number of benzene rings is 2. The maximum Gasteiger partial charge on any atom is 0.259 e. The molecule has 8 nitrogen and oxygen atoms in total. The van der Waals surface area contributed by atoms with E-state index >= 15 is 0 Å². The van der Waals surface area contributed by atoms with Gasteiger partial charge in [-0.15, -0.1) is 0 Å². The van der Waals surface area contributed by atoms with E-state index in [0.717, 1.165) is 0 Å². The van der Waals surface area contributed by atoms with Crippen LogP contribution in [0.25, 0.3) is 22.3 Å². The minimum Gasteiger partial charge on any atom is -0.493 e. The van der Waals surface area contributed by atoms with Crippen molar-refractivity contribution in [2.75, 3.05) is 31.6 Å². The number of piperidine rings is 1. The number of amides is 1. The van der Waals surface area contributed by atoms with Crippen LogP contribution in [0, 0.1) is 0 Å². The highest BCUT2D eigenvalue weighted by Crippen LogP contribution is 2.31. The summed E-state index contributed by atoms with van der Waals surface area (Å²) in [4.78, 5) is 34.5. The van der Waals surface area contributed by atoms with Crippen LogP contribution in [0.15, 0.2) is 47.3 Å². The highest BCUT2D eigenvalue weighted by atomic mass is 16.5. The predicted octanol–water partition coefficient (Wildman–Crippen LogP) is 2.38. The van der Waals surface area contributed by atoms with Gasteiger partial charge in [-0.3, -0.25) is 14.5 Å². The summed E-state index contributed by atoms with van der Waals surface area (Å²) in [6.45, 7) is 4.00. The standard InChI is InChI=1S/C23H26N4O4/c1-2-31-20-8-7-15(24-21(29)14-27-11-9-16(28)10-12-27)13-18(20)22-25-19-6-4-3-5-17(19)23(30)26-22/h3-8,13,16,28H,2,9-12,14H2,1H3,(H,24,29)(H,25,26,30). The summed E-state index contributed by atoms with van der Waals surface area (Å²) in [5, 5.41) is 13.0. The number of nitrogens with zero attached hydrogens (tertiary/aromatic N) is 2. The van der Waals surface area contributed by atoms with Crippen LogP contribution in [0.5, 0.6) is 5.75 Å². The third-order valence-corrected chi connectivity index (χ3v) is 5.36. The van der Waals surface area contributed by atoms with Crippen molar-refractivity contribution < 1.29 is 14.6 Å². The fraction of sp³-hybridized carbons (Fsp3) is 0.348. The Kier molecular flexibility index (Phi) is 6.29. The molecule has 0 saturated carbocycles. The second-order valence-electron chi connectivity index (χ2n) is 7.63. The summed E-state index contributed by atoms with van der Waals surface area (Å²) in [6.07, 6.45) is 1.09. The van der Waals surface area contributed by atoms with Gasteiger partial charge >= 0.3 is 0 Å². The summed E-state index contributed by atoms with van der Waals surface area (Å²) in [6, 6.07) is 12.4. The summed E-state index contributed by atoms with van der Waals surface area (Å²) in [7, 11) is 0. The van der Waals surface area contributed by atoms with E-state index in [2.05, 4.69) is 15.3 Å². The predicted molar refractivity (Wildman–Crippen MR) is 119 cm³/mol. The number of hydrogen-bond donors (Lipinski definition) is 3. The van der Waals surface area contributed by atoms with Gasteiger partial charge in [-0.25, -0.2) is 4.98 Å². The lowest BCUT2D eigenvalue weighted by molar-refractivity contribution is -0.117. The molecule has 8 heteroatoms. The smallest absolute Gasteiger partial charge is 0.259 e. The Morgan fingerprint density at radius 2 is 2.03 bits per heavy atom.